The van der Waals surface area contributed by atoms with Gasteiger partial charge < -0.3 is 25.4 Å². The fraction of sp³-hybridized carbons (Fsp3) is 0.200. The van der Waals surface area contributed by atoms with Crippen LogP contribution in [0.15, 0.2) is 53.7 Å². The molecule has 3 rings (SSSR count). The molecule has 2 aromatic carbocycles. The Labute approximate surface area is 173 Å². The molecule has 0 spiro atoms. The molecule has 2 aromatic rings. The van der Waals surface area contributed by atoms with Gasteiger partial charge in [-0.25, -0.2) is 0 Å². The van der Waals surface area contributed by atoms with Gasteiger partial charge in [-0.2, -0.15) is 0 Å². The predicted octanol–water partition coefficient (Wildman–Crippen LogP) is 3.79. The van der Waals surface area contributed by atoms with Crippen LogP contribution in [0.4, 0.5) is 5.69 Å². The van der Waals surface area contributed by atoms with E-state index in [1.54, 1.807) is 38.3 Å². The summed E-state index contributed by atoms with van der Waals surface area (Å²) in [5.41, 5.74) is 2.43. The molecule has 1 unspecified atom stereocenters. The Bertz CT molecular complexity index is 961. The number of carbonyl (C=O) groups excluding carboxylic acids is 1. The van der Waals surface area contributed by atoms with E-state index in [9.17, 15) is 4.79 Å². The molecule has 0 bridgehead atoms. The Morgan fingerprint density at radius 1 is 1.18 bits per heavy atom. The molecule has 0 fully saturated rings. The van der Waals surface area contributed by atoms with Gasteiger partial charge in [-0.1, -0.05) is 29.8 Å². The minimum Gasteiger partial charge on any atom is -0.497 e. The summed E-state index contributed by atoms with van der Waals surface area (Å²) in [4.78, 5) is 13.2. The van der Waals surface area contributed by atoms with Crippen molar-refractivity contribution in [2.75, 3.05) is 19.5 Å². The molecule has 0 saturated carbocycles. The maximum absolute atomic E-state index is 13.2. The molecule has 1 aliphatic heterocycles. The lowest BCUT2D eigenvalue weighted by Gasteiger charge is -2.31. The molecule has 0 saturated heterocycles. The van der Waals surface area contributed by atoms with Crippen molar-refractivity contribution in [1.29, 1.82) is 0 Å². The van der Waals surface area contributed by atoms with E-state index in [1.165, 1.54) is 7.11 Å². The highest BCUT2D eigenvalue weighted by atomic mass is 35.5. The number of benzene rings is 2. The van der Waals surface area contributed by atoms with Gasteiger partial charge in [0.1, 0.15) is 11.5 Å². The van der Waals surface area contributed by atoms with E-state index in [0.717, 1.165) is 5.56 Å². The highest BCUT2D eigenvalue weighted by molar-refractivity contribution is 7.80. The minimum atomic E-state index is -0.480. The second kappa shape index (κ2) is 8.50. The molecular formula is C20H20ClN3O3S. The second-order valence-electron chi connectivity index (χ2n) is 6.11. The fourth-order valence-electron chi connectivity index (χ4n) is 3.03. The molecule has 1 heterocycles. The van der Waals surface area contributed by atoms with E-state index >= 15 is 0 Å². The number of hydrogen-bond donors (Lipinski definition) is 3. The Morgan fingerprint density at radius 3 is 2.61 bits per heavy atom. The van der Waals surface area contributed by atoms with Crippen LogP contribution in [0.25, 0.3) is 0 Å². The van der Waals surface area contributed by atoms with Gasteiger partial charge in [-0.15, -0.1) is 0 Å². The number of halogens is 1. The van der Waals surface area contributed by atoms with E-state index < -0.39 is 6.04 Å². The van der Waals surface area contributed by atoms with Crippen molar-refractivity contribution in [3.63, 3.8) is 0 Å². The third-order valence-electron chi connectivity index (χ3n) is 4.39. The van der Waals surface area contributed by atoms with Crippen molar-refractivity contribution in [3.8, 4) is 11.5 Å². The largest absolute Gasteiger partial charge is 0.497 e. The molecule has 1 aliphatic rings. The van der Waals surface area contributed by atoms with Gasteiger partial charge in [-0.3, -0.25) is 4.79 Å². The summed E-state index contributed by atoms with van der Waals surface area (Å²) in [5.74, 6) is 0.825. The molecule has 1 atom stereocenters. The molecular weight excluding hydrogens is 398 g/mol. The number of nitrogens with one attached hydrogen (secondary N) is 3. The quantitative estimate of drug-likeness (QED) is 0.643. The van der Waals surface area contributed by atoms with Crippen molar-refractivity contribution in [3.05, 3.63) is 64.3 Å². The molecule has 0 aromatic heterocycles. The maximum atomic E-state index is 13.2. The van der Waals surface area contributed by atoms with Crippen LogP contribution in [-0.4, -0.2) is 25.2 Å². The number of carbonyl (C=O) groups is 1. The summed E-state index contributed by atoms with van der Waals surface area (Å²) in [7, 11) is 3.10. The standard InChI is InChI=1S/C20H20ClN3O3S/c1-11-17(18(24-20(28)22-11)13-6-4-5-7-14(13)21)19(25)23-15-9-8-12(26-2)10-16(15)27-3/h4-10,18H,1-3H3,(H,23,25)(H2,22,24,28). The van der Waals surface area contributed by atoms with Gasteiger partial charge >= 0.3 is 0 Å². The first-order chi connectivity index (χ1) is 13.4. The van der Waals surface area contributed by atoms with Crippen LogP contribution in [-0.2, 0) is 4.79 Å². The van der Waals surface area contributed by atoms with Crippen molar-refractivity contribution in [2.45, 2.75) is 13.0 Å². The van der Waals surface area contributed by atoms with E-state index in [-0.39, 0.29) is 5.91 Å². The van der Waals surface area contributed by atoms with Gasteiger partial charge in [0.2, 0.25) is 0 Å². The van der Waals surface area contributed by atoms with Crippen LogP contribution >= 0.6 is 23.8 Å². The Hall–Kier alpha value is -2.77. The molecule has 8 heteroatoms. The first kappa shape index (κ1) is 20.0. The Balaban J connectivity index is 1.97. The summed E-state index contributed by atoms with van der Waals surface area (Å²) < 4.78 is 10.6. The van der Waals surface area contributed by atoms with E-state index in [0.29, 0.717) is 38.6 Å². The first-order valence-corrected chi connectivity index (χ1v) is 9.29. The van der Waals surface area contributed by atoms with Gasteiger partial charge in [-0.05, 0) is 42.9 Å². The van der Waals surface area contributed by atoms with Crippen LogP contribution in [0, 0.1) is 0 Å². The topological polar surface area (TPSA) is 71.6 Å². The lowest BCUT2D eigenvalue weighted by atomic mass is 9.95. The number of methoxy groups -OCH3 is 2. The smallest absolute Gasteiger partial charge is 0.255 e. The summed E-state index contributed by atoms with van der Waals surface area (Å²) in [6.45, 7) is 1.80. The van der Waals surface area contributed by atoms with Crippen LogP contribution in [0.2, 0.25) is 5.02 Å². The van der Waals surface area contributed by atoms with Crippen LogP contribution in [0.3, 0.4) is 0 Å². The highest BCUT2D eigenvalue weighted by Crippen LogP contribution is 2.34. The molecule has 28 heavy (non-hydrogen) atoms. The third kappa shape index (κ3) is 4.05. The van der Waals surface area contributed by atoms with E-state index in [4.69, 9.17) is 33.3 Å². The number of ether oxygens (including phenoxy) is 2. The zero-order valence-corrected chi connectivity index (χ0v) is 17.2. The van der Waals surface area contributed by atoms with Crippen LogP contribution < -0.4 is 25.4 Å². The number of allylic oxidation sites excluding steroid dienone is 1. The van der Waals surface area contributed by atoms with Crippen LogP contribution in [0.5, 0.6) is 11.5 Å². The number of anilines is 1. The van der Waals surface area contributed by atoms with Gasteiger partial charge in [0.15, 0.2) is 5.11 Å². The zero-order chi connectivity index (χ0) is 20.3. The normalized spacial score (nSPS) is 16.1. The third-order valence-corrected chi connectivity index (χ3v) is 4.95. The van der Waals surface area contributed by atoms with Crippen molar-refractivity contribution in [2.24, 2.45) is 0 Å². The molecule has 3 N–H and O–H groups in total. The van der Waals surface area contributed by atoms with Gasteiger partial charge in [0, 0.05) is 16.8 Å². The molecule has 146 valence electrons. The number of amides is 1. The fourth-order valence-corrected chi connectivity index (χ4v) is 3.54. The van der Waals surface area contributed by atoms with E-state index in [2.05, 4.69) is 16.0 Å². The van der Waals surface area contributed by atoms with Crippen molar-refractivity contribution < 1.29 is 14.3 Å². The number of rotatable bonds is 5. The molecule has 1 amide bonds. The summed E-state index contributed by atoms with van der Waals surface area (Å²) in [5, 5.41) is 10.0. The summed E-state index contributed by atoms with van der Waals surface area (Å²) in [6.07, 6.45) is 0. The van der Waals surface area contributed by atoms with Crippen molar-refractivity contribution >= 4 is 40.5 Å². The molecule has 0 radical (unpaired) electrons. The summed E-state index contributed by atoms with van der Waals surface area (Å²) in [6, 6.07) is 12.0. The van der Waals surface area contributed by atoms with Gasteiger partial charge in [0.25, 0.3) is 5.91 Å². The lowest BCUT2D eigenvalue weighted by Crippen LogP contribution is -2.45. The summed E-state index contributed by atoms with van der Waals surface area (Å²) >= 11 is 11.6. The average Bonchev–Trinajstić information content (AvgIpc) is 2.67. The SMILES string of the molecule is COc1ccc(NC(=O)C2=C(C)NC(=S)NC2c2ccccc2Cl)c(OC)c1. The number of thiocarbonyl (C=S) groups is 1. The average molecular weight is 418 g/mol. The highest BCUT2D eigenvalue weighted by Gasteiger charge is 2.31. The minimum absolute atomic E-state index is 0.298. The Kier molecular flexibility index (Phi) is 6.06. The second-order valence-corrected chi connectivity index (χ2v) is 6.93. The molecule has 0 aliphatic carbocycles. The van der Waals surface area contributed by atoms with Crippen molar-refractivity contribution in [1.82, 2.24) is 10.6 Å². The predicted molar refractivity (Wildman–Crippen MR) is 114 cm³/mol. The zero-order valence-electron chi connectivity index (χ0n) is 15.6. The molecule has 6 nitrogen and oxygen atoms in total. The van der Waals surface area contributed by atoms with Gasteiger partial charge in [0.05, 0.1) is 31.5 Å². The Morgan fingerprint density at radius 2 is 1.93 bits per heavy atom. The maximum Gasteiger partial charge on any atom is 0.255 e. The van der Waals surface area contributed by atoms with Crippen LogP contribution in [0.1, 0.15) is 18.5 Å². The monoisotopic (exact) mass is 417 g/mol. The lowest BCUT2D eigenvalue weighted by molar-refractivity contribution is -0.113. The van der Waals surface area contributed by atoms with E-state index in [1.807, 2.05) is 18.2 Å². The number of hydrogen-bond acceptors (Lipinski definition) is 4. The first-order valence-electron chi connectivity index (χ1n) is 8.50.